The number of fused-ring (bicyclic) bond motifs is 2. The van der Waals surface area contributed by atoms with Crippen LogP contribution in [-0.4, -0.2) is 30.4 Å². The fraction of sp³-hybridized carbons (Fsp3) is 0.409. The van der Waals surface area contributed by atoms with Crippen molar-refractivity contribution in [3.05, 3.63) is 54.1 Å². The smallest absolute Gasteiger partial charge is 0.228 e. The van der Waals surface area contributed by atoms with E-state index in [0.29, 0.717) is 0 Å². The summed E-state index contributed by atoms with van der Waals surface area (Å²) >= 11 is 0. The Hall–Kier alpha value is -2.33. The zero-order valence-electron chi connectivity index (χ0n) is 15.4. The molecule has 0 radical (unpaired) electrons. The van der Waals surface area contributed by atoms with E-state index in [-0.39, 0.29) is 12.0 Å². The van der Waals surface area contributed by atoms with Gasteiger partial charge in [-0.2, -0.15) is 0 Å². The van der Waals surface area contributed by atoms with Gasteiger partial charge in [-0.1, -0.05) is 36.8 Å². The second kappa shape index (κ2) is 7.50. The van der Waals surface area contributed by atoms with Crippen LogP contribution in [0.25, 0.3) is 0 Å². The summed E-state index contributed by atoms with van der Waals surface area (Å²) in [4.78, 5) is 16.8. The molecule has 2 aliphatic rings. The quantitative estimate of drug-likeness (QED) is 0.806. The molecule has 4 rings (SSSR count). The summed E-state index contributed by atoms with van der Waals surface area (Å²) in [5, 5.41) is 0. The van der Waals surface area contributed by atoms with Crippen LogP contribution in [0.2, 0.25) is 0 Å². The fourth-order valence-electron chi connectivity index (χ4n) is 4.09. The average molecular weight is 350 g/mol. The lowest BCUT2D eigenvalue weighted by Gasteiger charge is -2.28. The fourth-order valence-corrected chi connectivity index (χ4v) is 4.09. The summed E-state index contributed by atoms with van der Waals surface area (Å²) in [6.45, 7) is 5.01. The SMILES string of the molecule is CC(=O)N1c2ccccc2OC(CCN2CCCCC2)c2ccccc21. The minimum atomic E-state index is -0.0429. The molecule has 26 heavy (non-hydrogen) atoms. The van der Waals surface area contributed by atoms with Crippen LogP contribution in [0, 0.1) is 0 Å². The molecule has 2 aliphatic heterocycles. The molecule has 2 heterocycles. The minimum absolute atomic E-state index is 0.00480. The van der Waals surface area contributed by atoms with Gasteiger partial charge in [-0.3, -0.25) is 9.69 Å². The molecule has 4 nitrogen and oxygen atoms in total. The second-order valence-electron chi connectivity index (χ2n) is 7.18. The van der Waals surface area contributed by atoms with Crippen LogP contribution < -0.4 is 9.64 Å². The van der Waals surface area contributed by atoms with Crippen molar-refractivity contribution in [2.75, 3.05) is 24.5 Å². The molecule has 0 saturated carbocycles. The molecule has 0 aromatic heterocycles. The van der Waals surface area contributed by atoms with Crippen molar-refractivity contribution in [2.24, 2.45) is 0 Å². The van der Waals surface area contributed by atoms with Crippen molar-refractivity contribution >= 4 is 17.3 Å². The molecule has 1 saturated heterocycles. The number of ether oxygens (including phenoxy) is 1. The molecule has 0 bridgehead atoms. The highest BCUT2D eigenvalue weighted by atomic mass is 16.5. The van der Waals surface area contributed by atoms with Gasteiger partial charge in [0.1, 0.15) is 11.9 Å². The number of para-hydroxylation sites is 3. The first-order valence-electron chi connectivity index (χ1n) is 9.62. The molecular formula is C22H26N2O2. The third kappa shape index (κ3) is 3.34. The van der Waals surface area contributed by atoms with Crippen LogP contribution in [0.15, 0.2) is 48.5 Å². The van der Waals surface area contributed by atoms with Gasteiger partial charge >= 0.3 is 0 Å². The van der Waals surface area contributed by atoms with Crippen LogP contribution in [0.3, 0.4) is 0 Å². The molecular weight excluding hydrogens is 324 g/mol. The number of hydrogen-bond donors (Lipinski definition) is 0. The van der Waals surface area contributed by atoms with E-state index in [9.17, 15) is 4.79 Å². The molecule has 0 spiro atoms. The lowest BCUT2D eigenvalue weighted by Crippen LogP contribution is -2.32. The van der Waals surface area contributed by atoms with Crippen molar-refractivity contribution < 1.29 is 9.53 Å². The van der Waals surface area contributed by atoms with E-state index in [0.717, 1.165) is 35.7 Å². The van der Waals surface area contributed by atoms with E-state index < -0.39 is 0 Å². The number of rotatable bonds is 3. The Morgan fingerprint density at radius 2 is 1.69 bits per heavy atom. The summed E-state index contributed by atoms with van der Waals surface area (Å²) in [5.74, 6) is 0.785. The van der Waals surface area contributed by atoms with E-state index in [2.05, 4.69) is 11.0 Å². The topological polar surface area (TPSA) is 32.8 Å². The van der Waals surface area contributed by atoms with Crippen LogP contribution >= 0.6 is 0 Å². The van der Waals surface area contributed by atoms with Gasteiger partial charge in [-0.05, 0) is 44.1 Å². The number of nitrogens with zero attached hydrogens (tertiary/aromatic N) is 2. The van der Waals surface area contributed by atoms with E-state index in [1.807, 2.05) is 42.5 Å². The van der Waals surface area contributed by atoms with Gasteiger partial charge in [0.05, 0.1) is 11.4 Å². The number of likely N-dealkylation sites (tertiary alicyclic amines) is 1. The number of hydrogen-bond acceptors (Lipinski definition) is 3. The number of amides is 1. The Labute approximate surface area is 155 Å². The van der Waals surface area contributed by atoms with Crippen LogP contribution in [0.5, 0.6) is 5.75 Å². The monoisotopic (exact) mass is 350 g/mol. The Bertz CT molecular complexity index is 783. The van der Waals surface area contributed by atoms with Crippen molar-refractivity contribution in [3.63, 3.8) is 0 Å². The third-order valence-electron chi connectivity index (χ3n) is 5.37. The molecule has 0 N–H and O–H groups in total. The Kier molecular flexibility index (Phi) is 4.93. The summed E-state index contributed by atoms with van der Waals surface area (Å²) in [7, 11) is 0. The number of piperidine rings is 1. The Morgan fingerprint density at radius 1 is 1.00 bits per heavy atom. The highest BCUT2D eigenvalue weighted by Gasteiger charge is 2.30. The van der Waals surface area contributed by atoms with Crippen molar-refractivity contribution in [1.29, 1.82) is 0 Å². The largest absolute Gasteiger partial charge is 0.483 e. The van der Waals surface area contributed by atoms with E-state index in [4.69, 9.17) is 4.74 Å². The summed E-state index contributed by atoms with van der Waals surface area (Å²) in [6, 6.07) is 16.0. The van der Waals surface area contributed by atoms with Gasteiger partial charge in [0.25, 0.3) is 0 Å². The summed E-state index contributed by atoms with van der Waals surface area (Å²) < 4.78 is 6.43. The van der Waals surface area contributed by atoms with Crippen LogP contribution in [0.4, 0.5) is 11.4 Å². The first kappa shape index (κ1) is 17.1. The highest BCUT2D eigenvalue weighted by Crippen LogP contribution is 2.44. The number of benzene rings is 2. The molecule has 4 heteroatoms. The minimum Gasteiger partial charge on any atom is -0.483 e. The zero-order chi connectivity index (χ0) is 17.9. The number of anilines is 2. The maximum atomic E-state index is 12.5. The number of carbonyl (C=O) groups is 1. The molecule has 1 fully saturated rings. The molecule has 1 unspecified atom stereocenters. The maximum absolute atomic E-state index is 12.5. The lowest BCUT2D eigenvalue weighted by molar-refractivity contribution is -0.115. The molecule has 1 amide bonds. The molecule has 2 aromatic carbocycles. The first-order chi connectivity index (χ1) is 12.7. The van der Waals surface area contributed by atoms with E-state index >= 15 is 0 Å². The first-order valence-corrected chi connectivity index (χ1v) is 9.62. The van der Waals surface area contributed by atoms with Gasteiger partial charge in [-0.15, -0.1) is 0 Å². The van der Waals surface area contributed by atoms with Gasteiger partial charge in [0.2, 0.25) is 5.91 Å². The Balaban J connectivity index is 1.68. The third-order valence-corrected chi connectivity index (χ3v) is 5.37. The van der Waals surface area contributed by atoms with E-state index in [1.165, 1.54) is 32.4 Å². The zero-order valence-corrected chi connectivity index (χ0v) is 15.4. The normalized spacial score (nSPS) is 19.9. The van der Waals surface area contributed by atoms with Gasteiger partial charge < -0.3 is 9.64 Å². The lowest BCUT2D eigenvalue weighted by atomic mass is 10.0. The van der Waals surface area contributed by atoms with Gasteiger partial charge in [0.15, 0.2) is 0 Å². The predicted molar refractivity (Wildman–Crippen MR) is 104 cm³/mol. The molecule has 136 valence electrons. The van der Waals surface area contributed by atoms with Crippen molar-refractivity contribution in [2.45, 2.75) is 38.7 Å². The number of carbonyl (C=O) groups excluding carboxylic acids is 1. The standard InChI is InChI=1S/C22H26N2O2/c1-17(25)24-19-10-4-3-9-18(19)21(13-16-23-14-7-2-8-15-23)26-22-12-6-5-11-20(22)24/h3-6,9-12,21H,2,7-8,13-16H2,1H3. The van der Waals surface area contributed by atoms with Gasteiger partial charge in [-0.25, -0.2) is 0 Å². The van der Waals surface area contributed by atoms with Crippen LogP contribution in [-0.2, 0) is 4.79 Å². The Morgan fingerprint density at radius 3 is 2.46 bits per heavy atom. The van der Waals surface area contributed by atoms with Gasteiger partial charge in [0, 0.05) is 25.5 Å². The average Bonchev–Trinajstić information content (AvgIpc) is 2.81. The van der Waals surface area contributed by atoms with Crippen LogP contribution in [0.1, 0.15) is 44.3 Å². The second-order valence-corrected chi connectivity index (χ2v) is 7.18. The molecule has 1 atom stereocenters. The highest BCUT2D eigenvalue weighted by molar-refractivity contribution is 6.01. The van der Waals surface area contributed by atoms with Crippen molar-refractivity contribution in [3.8, 4) is 5.75 Å². The van der Waals surface area contributed by atoms with E-state index in [1.54, 1.807) is 11.8 Å². The molecule has 2 aromatic rings. The summed E-state index contributed by atoms with van der Waals surface area (Å²) in [5.41, 5.74) is 2.86. The summed E-state index contributed by atoms with van der Waals surface area (Å²) in [6.07, 6.45) is 4.82. The molecule has 0 aliphatic carbocycles. The maximum Gasteiger partial charge on any atom is 0.228 e. The van der Waals surface area contributed by atoms with Crippen molar-refractivity contribution in [1.82, 2.24) is 4.90 Å². The predicted octanol–water partition coefficient (Wildman–Crippen LogP) is 4.68.